The smallest absolute Gasteiger partial charge is 0.281 e. The van der Waals surface area contributed by atoms with Crippen LogP contribution in [0.25, 0.3) is 0 Å². The zero-order chi connectivity index (χ0) is 19.7. The number of rotatable bonds is 2. The van der Waals surface area contributed by atoms with E-state index in [1.54, 1.807) is 0 Å². The maximum Gasteiger partial charge on any atom is 0.281 e. The van der Waals surface area contributed by atoms with Crippen molar-refractivity contribution in [2.45, 2.75) is 46.9 Å². The van der Waals surface area contributed by atoms with Crippen molar-refractivity contribution in [3.8, 4) is 0 Å². The molecule has 2 aliphatic rings. The lowest BCUT2D eigenvalue weighted by Crippen LogP contribution is -2.79. The molecule has 13 nitrogen and oxygen atoms in total. The van der Waals surface area contributed by atoms with Gasteiger partial charge in [-0.3, -0.25) is 0 Å². The molecule has 0 aromatic carbocycles. The van der Waals surface area contributed by atoms with Gasteiger partial charge in [0.05, 0.1) is 0 Å². The monoisotopic (exact) mass is 370 g/mol. The summed E-state index contributed by atoms with van der Waals surface area (Å²) >= 11 is 0. The second kappa shape index (κ2) is 5.24. The lowest BCUT2D eigenvalue weighted by Gasteiger charge is -2.53. The molecule has 0 bridgehead atoms. The summed E-state index contributed by atoms with van der Waals surface area (Å²) in [6, 6.07) is 0. The quantitative estimate of drug-likeness (QED) is 0.160. The minimum absolute atomic E-state index is 0.214. The van der Waals surface area contributed by atoms with Crippen LogP contribution in [0, 0.1) is 0 Å². The molecule has 0 amide bonds. The van der Waals surface area contributed by atoms with Crippen molar-refractivity contribution in [3.63, 3.8) is 0 Å². The highest BCUT2D eigenvalue weighted by Crippen LogP contribution is 2.45. The van der Waals surface area contributed by atoms with Gasteiger partial charge in [0.1, 0.15) is 12.2 Å². The molecule has 4 unspecified atom stereocenters. The van der Waals surface area contributed by atoms with Crippen LogP contribution >= 0.6 is 0 Å². The Hall–Kier alpha value is -1.04. The molecule has 2 aliphatic carbocycles. The number of hydrogen-bond donors (Lipinski definition) is 12. The summed E-state index contributed by atoms with van der Waals surface area (Å²) in [5, 5.41) is 116. The highest BCUT2D eigenvalue weighted by molar-refractivity contribution is 5.23. The third-order valence-electron chi connectivity index (χ3n) is 4.17. The summed E-state index contributed by atoms with van der Waals surface area (Å²) in [5.74, 6) is -23.5. The lowest BCUT2D eigenvalue weighted by molar-refractivity contribution is -0.522. The second-order valence-electron chi connectivity index (χ2n) is 5.90. The summed E-state index contributed by atoms with van der Waals surface area (Å²) in [6.45, 7) is 0. The zero-order valence-corrected chi connectivity index (χ0v) is 12.2. The third kappa shape index (κ3) is 2.39. The predicted octanol–water partition coefficient (Wildman–Crippen LogP) is -7.03. The van der Waals surface area contributed by atoms with Crippen LogP contribution in [0.3, 0.4) is 0 Å². The van der Waals surface area contributed by atoms with Crippen LogP contribution in [0.2, 0.25) is 0 Å². The molecule has 0 aliphatic heterocycles. The molecular formula is C12H18O13. The molecule has 0 fully saturated rings. The minimum atomic E-state index is -4.17. The topological polar surface area (TPSA) is 252 Å². The molecule has 0 saturated heterocycles. The minimum Gasteiger partial charge on any atom is -0.383 e. The van der Waals surface area contributed by atoms with E-state index < -0.39 is 46.9 Å². The van der Waals surface area contributed by atoms with E-state index in [9.17, 15) is 61.3 Å². The van der Waals surface area contributed by atoms with Crippen molar-refractivity contribution in [1.29, 1.82) is 0 Å². The largest absolute Gasteiger partial charge is 0.383 e. The Labute approximate surface area is 138 Å². The van der Waals surface area contributed by atoms with Gasteiger partial charge in [0.15, 0.2) is 0 Å². The van der Waals surface area contributed by atoms with Crippen molar-refractivity contribution in [2.75, 3.05) is 0 Å². The highest BCUT2D eigenvalue weighted by atomic mass is 16.8. The first-order chi connectivity index (χ1) is 11.0. The molecule has 0 aromatic heterocycles. The van der Waals surface area contributed by atoms with Crippen LogP contribution in [-0.4, -0.2) is 108 Å². The molecule has 0 aromatic rings. The van der Waals surface area contributed by atoms with E-state index >= 15 is 0 Å². The molecule has 13 heteroatoms. The van der Waals surface area contributed by atoms with Gasteiger partial charge in [-0.2, -0.15) is 0 Å². The van der Waals surface area contributed by atoms with Gasteiger partial charge in [0, 0.05) is 0 Å². The first-order valence-corrected chi connectivity index (χ1v) is 6.65. The number of aliphatic hydroxyl groups excluding tert-OH is 2. The van der Waals surface area contributed by atoms with E-state index in [-0.39, 0.29) is 12.2 Å². The first kappa shape index (κ1) is 20.3. The van der Waals surface area contributed by atoms with Gasteiger partial charge in [-0.15, -0.1) is 0 Å². The van der Waals surface area contributed by atoms with Gasteiger partial charge in [0.2, 0.25) is 11.6 Å². The van der Waals surface area contributed by atoms with E-state index in [1.807, 2.05) is 0 Å². The lowest BCUT2D eigenvalue weighted by atomic mass is 9.83. The van der Waals surface area contributed by atoms with E-state index in [2.05, 4.69) is 4.74 Å². The van der Waals surface area contributed by atoms with Gasteiger partial charge >= 0.3 is 0 Å². The molecule has 144 valence electrons. The molecule has 4 atom stereocenters. The molecule has 2 rings (SSSR count). The van der Waals surface area contributed by atoms with Gasteiger partial charge in [-0.25, -0.2) is 0 Å². The van der Waals surface area contributed by atoms with Crippen molar-refractivity contribution in [3.05, 3.63) is 24.3 Å². The van der Waals surface area contributed by atoms with Gasteiger partial charge in [-0.1, -0.05) is 0 Å². The van der Waals surface area contributed by atoms with Crippen molar-refractivity contribution >= 4 is 0 Å². The fourth-order valence-corrected chi connectivity index (χ4v) is 2.33. The van der Waals surface area contributed by atoms with Crippen LogP contribution in [0.1, 0.15) is 0 Å². The predicted molar refractivity (Wildman–Crippen MR) is 70.0 cm³/mol. The van der Waals surface area contributed by atoms with E-state index in [4.69, 9.17) is 0 Å². The van der Waals surface area contributed by atoms with Crippen LogP contribution in [0.15, 0.2) is 24.3 Å². The van der Waals surface area contributed by atoms with Gasteiger partial charge in [-0.05, 0) is 24.3 Å². The summed E-state index contributed by atoms with van der Waals surface area (Å²) in [6.07, 6.45) is -3.48. The second-order valence-corrected chi connectivity index (χ2v) is 5.90. The summed E-state index contributed by atoms with van der Waals surface area (Å²) in [7, 11) is 0. The van der Waals surface area contributed by atoms with Crippen LogP contribution in [0.4, 0.5) is 0 Å². The molecule has 0 spiro atoms. The Morgan fingerprint density at radius 1 is 0.560 bits per heavy atom. The number of hydrogen-bond acceptors (Lipinski definition) is 13. The Balaban J connectivity index is 2.54. The maximum absolute atomic E-state index is 10.2. The normalized spacial score (nSPS) is 43.8. The molecule has 25 heavy (non-hydrogen) atoms. The molecule has 0 saturated carbocycles. The maximum atomic E-state index is 10.2. The van der Waals surface area contributed by atoms with Crippen LogP contribution < -0.4 is 0 Å². The SMILES string of the molecule is OC1C=CC(O)(OC2(O)C=CC(O)C(O)(O)C2(O)O)C(O)(O)C1(O)O. The van der Waals surface area contributed by atoms with Crippen LogP contribution in [0.5, 0.6) is 0 Å². The Bertz CT molecular complexity index is 556. The number of aliphatic hydroxyl groups is 12. The highest BCUT2D eigenvalue weighted by Gasteiger charge is 2.73. The average Bonchev–Trinajstić information content (AvgIpc) is 2.46. The molecular weight excluding hydrogens is 352 g/mol. The zero-order valence-electron chi connectivity index (χ0n) is 12.2. The summed E-state index contributed by atoms with van der Waals surface area (Å²) in [5.41, 5.74) is 0. The molecule has 0 heterocycles. The fraction of sp³-hybridized carbons (Fsp3) is 0.667. The van der Waals surface area contributed by atoms with E-state index in [0.717, 1.165) is 0 Å². The van der Waals surface area contributed by atoms with Crippen molar-refractivity contribution < 1.29 is 66.0 Å². The molecule has 12 N–H and O–H groups in total. The standard InChI is InChI=1S/C12H18O13/c13-5-1-3-7(15,11(21,22)9(5,17)18)25-8(16)4-2-6(14)10(19,20)12(8,23)24/h1-6,13-24H. The third-order valence-corrected chi connectivity index (χ3v) is 4.17. The van der Waals surface area contributed by atoms with Gasteiger partial charge < -0.3 is 66.0 Å². The van der Waals surface area contributed by atoms with E-state index in [1.165, 1.54) is 0 Å². The van der Waals surface area contributed by atoms with Crippen molar-refractivity contribution in [2.24, 2.45) is 0 Å². The van der Waals surface area contributed by atoms with E-state index in [0.29, 0.717) is 12.2 Å². The van der Waals surface area contributed by atoms with Crippen molar-refractivity contribution in [1.82, 2.24) is 0 Å². The van der Waals surface area contributed by atoms with Crippen LogP contribution in [-0.2, 0) is 4.74 Å². The molecule has 0 radical (unpaired) electrons. The Morgan fingerprint density at radius 3 is 1.12 bits per heavy atom. The fourth-order valence-electron chi connectivity index (χ4n) is 2.33. The van der Waals surface area contributed by atoms with Gasteiger partial charge in [0.25, 0.3) is 23.1 Å². The number of ether oxygens (including phenoxy) is 1. The Kier molecular flexibility index (Phi) is 4.25. The average molecular weight is 370 g/mol. The summed E-state index contributed by atoms with van der Waals surface area (Å²) < 4.78 is 4.38. The Morgan fingerprint density at radius 2 is 0.840 bits per heavy atom. The summed E-state index contributed by atoms with van der Waals surface area (Å²) in [4.78, 5) is 0. The first-order valence-electron chi connectivity index (χ1n) is 6.65.